The van der Waals surface area contributed by atoms with Crippen molar-refractivity contribution in [3.8, 4) is 0 Å². The summed E-state index contributed by atoms with van der Waals surface area (Å²) in [6.07, 6.45) is 1.98. The second kappa shape index (κ2) is 7.26. The number of para-hydroxylation sites is 1. The number of rotatable bonds is 8. The van der Waals surface area contributed by atoms with E-state index in [2.05, 4.69) is 10.6 Å². The third kappa shape index (κ3) is 5.58. The molecule has 8 heteroatoms. The number of nitrogens with one attached hydrogen (secondary N) is 2. The number of hydrogen-bond donors (Lipinski definition) is 2. The molecule has 1 aromatic carbocycles. The Morgan fingerprint density at radius 3 is 2.48 bits per heavy atom. The second-order valence-corrected chi connectivity index (χ2v) is 7.21. The highest BCUT2D eigenvalue weighted by Gasteiger charge is 2.21. The number of hydrogen-bond acceptors (Lipinski definition) is 6. The lowest BCUT2D eigenvalue weighted by molar-refractivity contribution is -0.383. The van der Waals surface area contributed by atoms with Gasteiger partial charge in [0.1, 0.15) is 21.2 Å². The summed E-state index contributed by atoms with van der Waals surface area (Å²) in [6.45, 7) is 4.27. The van der Waals surface area contributed by atoms with Crippen molar-refractivity contribution in [3.63, 3.8) is 0 Å². The Morgan fingerprint density at radius 1 is 1.33 bits per heavy atom. The molecule has 0 aliphatic rings. The van der Waals surface area contributed by atoms with Gasteiger partial charge in [-0.1, -0.05) is 13.0 Å². The van der Waals surface area contributed by atoms with Gasteiger partial charge in [0.2, 0.25) is 0 Å². The highest BCUT2D eigenvalue weighted by atomic mass is 32.2. The van der Waals surface area contributed by atoms with Crippen LogP contribution in [0.1, 0.15) is 20.3 Å². The molecule has 0 fully saturated rings. The van der Waals surface area contributed by atoms with Gasteiger partial charge in [-0.25, -0.2) is 8.42 Å². The van der Waals surface area contributed by atoms with Crippen LogP contribution in [-0.2, 0) is 9.84 Å². The summed E-state index contributed by atoms with van der Waals surface area (Å²) in [4.78, 5) is 10.8. The first-order chi connectivity index (χ1) is 9.74. The minimum atomic E-state index is -3.15. The minimum Gasteiger partial charge on any atom is -0.379 e. The summed E-state index contributed by atoms with van der Waals surface area (Å²) in [7, 11) is -3.15. The van der Waals surface area contributed by atoms with Gasteiger partial charge in [0.15, 0.2) is 0 Å². The molecule has 0 saturated heterocycles. The predicted octanol–water partition coefficient (Wildman–Crippen LogP) is 2.26. The van der Waals surface area contributed by atoms with Gasteiger partial charge < -0.3 is 10.6 Å². The molecule has 0 spiro atoms. The zero-order valence-corrected chi connectivity index (χ0v) is 13.2. The van der Waals surface area contributed by atoms with Crippen molar-refractivity contribution in [2.45, 2.75) is 26.3 Å². The van der Waals surface area contributed by atoms with Crippen LogP contribution < -0.4 is 10.6 Å². The molecule has 2 N–H and O–H groups in total. The van der Waals surface area contributed by atoms with E-state index in [9.17, 15) is 18.5 Å². The van der Waals surface area contributed by atoms with Crippen LogP contribution in [0.4, 0.5) is 17.1 Å². The Labute approximate surface area is 124 Å². The molecule has 1 atom stereocenters. The van der Waals surface area contributed by atoms with E-state index in [0.29, 0.717) is 17.9 Å². The molecule has 1 rings (SSSR count). The average molecular weight is 315 g/mol. The van der Waals surface area contributed by atoms with Gasteiger partial charge in [0, 0.05) is 18.8 Å². The summed E-state index contributed by atoms with van der Waals surface area (Å²) >= 11 is 0. The number of benzene rings is 1. The summed E-state index contributed by atoms with van der Waals surface area (Å²) in [5.41, 5.74) is 0.682. The topological polar surface area (TPSA) is 101 Å². The summed E-state index contributed by atoms with van der Waals surface area (Å²) < 4.78 is 22.5. The second-order valence-electron chi connectivity index (χ2n) is 5.02. The van der Waals surface area contributed by atoms with Gasteiger partial charge in [-0.05, 0) is 25.5 Å². The van der Waals surface area contributed by atoms with E-state index in [4.69, 9.17) is 0 Å². The molecular formula is C13H21N3O4S. The monoisotopic (exact) mass is 315 g/mol. The smallest absolute Gasteiger partial charge is 0.315 e. The molecule has 0 amide bonds. The van der Waals surface area contributed by atoms with Crippen molar-refractivity contribution < 1.29 is 13.3 Å². The number of nitro benzene ring substituents is 1. The van der Waals surface area contributed by atoms with Crippen molar-refractivity contribution in [1.29, 1.82) is 0 Å². The Morgan fingerprint density at radius 2 is 1.95 bits per heavy atom. The summed E-state index contributed by atoms with van der Waals surface area (Å²) in [6, 6.07) is 4.49. The van der Waals surface area contributed by atoms with Crippen LogP contribution >= 0.6 is 0 Å². The molecule has 0 aliphatic carbocycles. The van der Waals surface area contributed by atoms with Gasteiger partial charge in [-0.2, -0.15) is 0 Å². The van der Waals surface area contributed by atoms with Crippen LogP contribution in [0.2, 0.25) is 0 Å². The van der Waals surface area contributed by atoms with Gasteiger partial charge >= 0.3 is 5.69 Å². The largest absolute Gasteiger partial charge is 0.379 e. The highest BCUT2D eigenvalue weighted by molar-refractivity contribution is 7.90. The lowest BCUT2D eigenvalue weighted by atomic mass is 10.2. The number of nitrogens with zero attached hydrogens (tertiary/aromatic N) is 1. The first kappa shape index (κ1) is 17.2. The number of sulfone groups is 1. The van der Waals surface area contributed by atoms with Crippen molar-refractivity contribution >= 4 is 26.9 Å². The molecule has 21 heavy (non-hydrogen) atoms. The van der Waals surface area contributed by atoms with Crippen LogP contribution in [-0.4, -0.2) is 37.9 Å². The Hall–Kier alpha value is -1.83. The maximum absolute atomic E-state index is 11.3. The van der Waals surface area contributed by atoms with Gasteiger partial charge in [-0.15, -0.1) is 0 Å². The lowest BCUT2D eigenvalue weighted by Crippen LogP contribution is -2.25. The number of anilines is 2. The van der Waals surface area contributed by atoms with Crippen LogP contribution in [0.3, 0.4) is 0 Å². The standard InChI is InChI=1S/C13H21N3O4S/c1-4-8-14-11-6-5-7-12(13(11)16(17)18)15-10(2)9-21(3,19)20/h5-7,10,14-15H,4,8-9H2,1-3H3. The maximum atomic E-state index is 11.3. The van der Waals surface area contributed by atoms with Crippen molar-refractivity contribution in [1.82, 2.24) is 0 Å². The van der Waals surface area contributed by atoms with Crippen LogP contribution in [0.25, 0.3) is 0 Å². The maximum Gasteiger partial charge on any atom is 0.315 e. The SMILES string of the molecule is CCCNc1cccc(NC(C)CS(C)(=O)=O)c1[N+](=O)[O-]. The van der Waals surface area contributed by atoms with Crippen LogP contribution in [0.15, 0.2) is 18.2 Å². The fourth-order valence-corrected chi connectivity index (χ4v) is 3.01. The third-order valence-corrected chi connectivity index (χ3v) is 3.84. The lowest BCUT2D eigenvalue weighted by Gasteiger charge is -2.16. The van der Waals surface area contributed by atoms with E-state index >= 15 is 0 Å². The fourth-order valence-electron chi connectivity index (χ4n) is 2.02. The Balaban J connectivity index is 3.03. The van der Waals surface area contributed by atoms with Gasteiger partial charge in [0.05, 0.1) is 10.7 Å². The first-order valence-electron chi connectivity index (χ1n) is 6.70. The molecule has 0 bridgehead atoms. The van der Waals surface area contributed by atoms with E-state index in [1.807, 2.05) is 6.92 Å². The quantitative estimate of drug-likeness (QED) is 0.563. The molecule has 0 radical (unpaired) electrons. The predicted molar refractivity (Wildman–Crippen MR) is 84.7 cm³/mol. The zero-order chi connectivity index (χ0) is 16.0. The summed E-state index contributed by atoms with van der Waals surface area (Å²) in [5.74, 6) is -0.0865. The Kier molecular flexibility index (Phi) is 5.95. The fraction of sp³-hybridized carbons (Fsp3) is 0.538. The van der Waals surface area contributed by atoms with Crippen molar-refractivity contribution in [2.75, 3.05) is 29.2 Å². The molecule has 118 valence electrons. The zero-order valence-electron chi connectivity index (χ0n) is 12.4. The molecule has 0 aromatic heterocycles. The molecule has 0 saturated carbocycles. The van der Waals surface area contributed by atoms with E-state index in [1.54, 1.807) is 25.1 Å². The molecular weight excluding hydrogens is 294 g/mol. The molecule has 0 aliphatic heterocycles. The molecule has 1 unspecified atom stereocenters. The van der Waals surface area contributed by atoms with Crippen molar-refractivity contribution in [3.05, 3.63) is 28.3 Å². The van der Waals surface area contributed by atoms with E-state index in [-0.39, 0.29) is 11.4 Å². The van der Waals surface area contributed by atoms with E-state index < -0.39 is 20.8 Å². The normalized spacial score (nSPS) is 12.7. The summed E-state index contributed by atoms with van der Waals surface area (Å²) in [5, 5.41) is 17.2. The van der Waals surface area contributed by atoms with Crippen LogP contribution in [0.5, 0.6) is 0 Å². The van der Waals surface area contributed by atoms with Crippen LogP contribution in [0, 0.1) is 10.1 Å². The van der Waals surface area contributed by atoms with Gasteiger partial charge in [0.25, 0.3) is 0 Å². The highest BCUT2D eigenvalue weighted by Crippen LogP contribution is 2.33. The van der Waals surface area contributed by atoms with E-state index in [0.717, 1.165) is 12.7 Å². The molecule has 0 heterocycles. The Bertz CT molecular complexity index is 601. The van der Waals surface area contributed by atoms with E-state index in [1.165, 1.54) is 0 Å². The third-order valence-electron chi connectivity index (χ3n) is 2.74. The van der Waals surface area contributed by atoms with Crippen molar-refractivity contribution in [2.24, 2.45) is 0 Å². The van der Waals surface area contributed by atoms with Gasteiger partial charge in [-0.3, -0.25) is 10.1 Å². The first-order valence-corrected chi connectivity index (χ1v) is 8.76. The average Bonchev–Trinajstić information content (AvgIpc) is 2.33. The minimum absolute atomic E-state index is 0.0636. The number of nitro groups is 1. The molecule has 1 aromatic rings. The molecule has 7 nitrogen and oxygen atoms in total.